The number of anilines is 1. The highest BCUT2D eigenvalue weighted by molar-refractivity contribution is 9.10. The van der Waals surface area contributed by atoms with Gasteiger partial charge in [0.2, 0.25) is 5.91 Å². The molecule has 82 valence electrons. The Bertz CT molecular complexity index is 355. The number of hydrogen-bond acceptors (Lipinski definition) is 3. The maximum Gasteiger partial charge on any atom is 0.250 e. The van der Waals surface area contributed by atoms with E-state index in [2.05, 4.69) is 26.2 Å². The molecule has 1 N–H and O–H groups in total. The Labute approximate surface area is 97.2 Å². The van der Waals surface area contributed by atoms with Crippen LogP contribution in [0.3, 0.4) is 0 Å². The van der Waals surface area contributed by atoms with Crippen molar-refractivity contribution in [2.45, 2.75) is 13.8 Å². The fourth-order valence-corrected chi connectivity index (χ4v) is 1.24. The van der Waals surface area contributed by atoms with E-state index in [0.29, 0.717) is 12.3 Å². The summed E-state index contributed by atoms with van der Waals surface area (Å²) in [5.41, 5.74) is 1.66. The van der Waals surface area contributed by atoms with Crippen LogP contribution in [-0.4, -0.2) is 24.1 Å². The van der Waals surface area contributed by atoms with Gasteiger partial charge in [-0.05, 0) is 41.4 Å². The van der Waals surface area contributed by atoms with Crippen LogP contribution in [-0.2, 0) is 9.53 Å². The predicted octanol–water partition coefficient (Wildman–Crippen LogP) is 2.13. The van der Waals surface area contributed by atoms with E-state index in [1.807, 2.05) is 19.9 Å². The highest BCUT2D eigenvalue weighted by atomic mass is 79.9. The lowest BCUT2D eigenvalue weighted by atomic mass is 10.3. The molecule has 1 rings (SSSR count). The van der Waals surface area contributed by atoms with Crippen LogP contribution in [0, 0.1) is 6.92 Å². The lowest BCUT2D eigenvalue weighted by Gasteiger charge is -2.06. The molecule has 0 spiro atoms. The number of amides is 1. The summed E-state index contributed by atoms with van der Waals surface area (Å²) in [7, 11) is 0. The Morgan fingerprint density at radius 2 is 2.40 bits per heavy atom. The van der Waals surface area contributed by atoms with Gasteiger partial charge < -0.3 is 10.1 Å². The Balaban J connectivity index is 2.57. The molecule has 0 atom stereocenters. The fourth-order valence-electron chi connectivity index (χ4n) is 1.02. The molecule has 1 heterocycles. The molecule has 0 aromatic carbocycles. The molecule has 0 radical (unpaired) electrons. The van der Waals surface area contributed by atoms with E-state index in [-0.39, 0.29) is 12.5 Å². The first-order valence-electron chi connectivity index (χ1n) is 4.63. The lowest BCUT2D eigenvalue weighted by molar-refractivity contribution is -0.120. The highest BCUT2D eigenvalue weighted by Gasteiger charge is 2.03. The van der Waals surface area contributed by atoms with Gasteiger partial charge in [-0.2, -0.15) is 0 Å². The quantitative estimate of drug-likeness (QED) is 0.855. The predicted molar refractivity (Wildman–Crippen MR) is 61.8 cm³/mol. The number of carbonyl (C=O) groups is 1. The van der Waals surface area contributed by atoms with Crippen molar-refractivity contribution in [2.75, 3.05) is 18.5 Å². The number of aryl methyl sites for hydroxylation is 1. The van der Waals surface area contributed by atoms with Crippen LogP contribution in [0.15, 0.2) is 16.9 Å². The summed E-state index contributed by atoms with van der Waals surface area (Å²) in [4.78, 5) is 15.4. The van der Waals surface area contributed by atoms with Crippen molar-refractivity contribution in [2.24, 2.45) is 0 Å². The number of ether oxygens (including phenoxy) is 1. The molecule has 0 bridgehead atoms. The monoisotopic (exact) mass is 272 g/mol. The van der Waals surface area contributed by atoms with Crippen LogP contribution in [0.25, 0.3) is 0 Å². The van der Waals surface area contributed by atoms with Crippen LogP contribution < -0.4 is 5.32 Å². The molecule has 5 heteroatoms. The topological polar surface area (TPSA) is 51.2 Å². The van der Waals surface area contributed by atoms with Gasteiger partial charge in [-0.25, -0.2) is 4.98 Å². The van der Waals surface area contributed by atoms with Gasteiger partial charge in [0.25, 0.3) is 0 Å². The van der Waals surface area contributed by atoms with E-state index >= 15 is 0 Å². The summed E-state index contributed by atoms with van der Waals surface area (Å²) in [5, 5.41) is 2.70. The number of halogens is 1. The van der Waals surface area contributed by atoms with E-state index in [4.69, 9.17) is 4.74 Å². The third-order valence-electron chi connectivity index (χ3n) is 1.74. The number of carbonyl (C=O) groups excluding carboxylic acids is 1. The minimum absolute atomic E-state index is 0.0750. The van der Waals surface area contributed by atoms with Crippen LogP contribution in [0.4, 0.5) is 5.69 Å². The number of nitrogens with one attached hydrogen (secondary N) is 1. The zero-order chi connectivity index (χ0) is 11.3. The maximum atomic E-state index is 11.3. The number of nitrogens with zero attached hydrogens (tertiary/aromatic N) is 1. The zero-order valence-electron chi connectivity index (χ0n) is 8.71. The van der Waals surface area contributed by atoms with E-state index < -0.39 is 0 Å². The highest BCUT2D eigenvalue weighted by Crippen LogP contribution is 2.16. The molecule has 0 unspecified atom stereocenters. The van der Waals surface area contributed by atoms with Crippen LogP contribution in [0.1, 0.15) is 12.5 Å². The van der Waals surface area contributed by atoms with Gasteiger partial charge in [-0.1, -0.05) is 0 Å². The van der Waals surface area contributed by atoms with E-state index in [9.17, 15) is 4.79 Å². The average Bonchev–Trinajstić information content (AvgIpc) is 2.20. The normalized spacial score (nSPS) is 10.1. The van der Waals surface area contributed by atoms with Crippen LogP contribution in [0.5, 0.6) is 0 Å². The number of hydrogen-bond donors (Lipinski definition) is 1. The van der Waals surface area contributed by atoms with Gasteiger partial charge in [0, 0.05) is 6.61 Å². The van der Waals surface area contributed by atoms with Gasteiger partial charge in [0.1, 0.15) is 11.2 Å². The van der Waals surface area contributed by atoms with Crippen molar-refractivity contribution >= 4 is 27.5 Å². The Morgan fingerprint density at radius 3 is 3.00 bits per heavy atom. The molecular formula is C10H13BrN2O2. The zero-order valence-corrected chi connectivity index (χ0v) is 10.3. The van der Waals surface area contributed by atoms with Gasteiger partial charge in [-0.15, -0.1) is 0 Å². The minimum Gasteiger partial charge on any atom is -0.372 e. The van der Waals surface area contributed by atoms with Crippen LogP contribution >= 0.6 is 15.9 Å². The molecule has 1 aromatic heterocycles. The van der Waals surface area contributed by atoms with Crippen molar-refractivity contribution in [3.05, 3.63) is 22.4 Å². The van der Waals surface area contributed by atoms with Gasteiger partial charge in [-0.3, -0.25) is 4.79 Å². The Morgan fingerprint density at radius 1 is 1.67 bits per heavy atom. The second kappa shape index (κ2) is 5.82. The molecule has 15 heavy (non-hydrogen) atoms. The van der Waals surface area contributed by atoms with E-state index in [0.717, 1.165) is 10.2 Å². The van der Waals surface area contributed by atoms with Gasteiger partial charge >= 0.3 is 0 Å². The van der Waals surface area contributed by atoms with Gasteiger partial charge in [0.15, 0.2) is 0 Å². The summed E-state index contributed by atoms with van der Waals surface area (Å²) in [5.74, 6) is -0.166. The molecule has 0 saturated carbocycles. The summed E-state index contributed by atoms with van der Waals surface area (Å²) in [6, 6.07) is 1.85. The van der Waals surface area contributed by atoms with Crippen molar-refractivity contribution in [3.63, 3.8) is 0 Å². The molecule has 0 aliphatic rings. The molecule has 1 aromatic rings. The summed E-state index contributed by atoms with van der Waals surface area (Å²) >= 11 is 3.29. The summed E-state index contributed by atoms with van der Waals surface area (Å²) in [6.45, 7) is 4.37. The fraction of sp³-hybridized carbons (Fsp3) is 0.400. The van der Waals surface area contributed by atoms with Crippen molar-refractivity contribution < 1.29 is 9.53 Å². The van der Waals surface area contributed by atoms with E-state index in [1.165, 1.54) is 0 Å². The van der Waals surface area contributed by atoms with E-state index in [1.54, 1.807) is 6.20 Å². The number of aromatic nitrogens is 1. The minimum atomic E-state index is -0.166. The molecule has 0 saturated heterocycles. The first-order chi connectivity index (χ1) is 7.13. The van der Waals surface area contributed by atoms with Crippen LogP contribution in [0.2, 0.25) is 0 Å². The third-order valence-corrected chi connectivity index (χ3v) is 2.57. The molecule has 0 aliphatic heterocycles. The molecular weight excluding hydrogens is 260 g/mol. The third kappa shape index (κ3) is 3.97. The SMILES string of the molecule is CCOCC(=O)Nc1cnc(Br)c(C)c1. The first kappa shape index (κ1) is 12.1. The standard InChI is InChI=1S/C10H13BrN2O2/c1-3-15-6-9(14)13-8-4-7(2)10(11)12-5-8/h4-5H,3,6H2,1-2H3,(H,13,14). The largest absolute Gasteiger partial charge is 0.372 e. The Kier molecular flexibility index (Phi) is 4.71. The molecule has 0 fully saturated rings. The first-order valence-corrected chi connectivity index (χ1v) is 5.42. The second-order valence-corrected chi connectivity index (χ2v) is 3.77. The molecule has 0 aliphatic carbocycles. The second-order valence-electron chi connectivity index (χ2n) is 3.02. The smallest absolute Gasteiger partial charge is 0.250 e. The molecule has 1 amide bonds. The average molecular weight is 273 g/mol. The van der Waals surface area contributed by atoms with Crippen molar-refractivity contribution in [1.82, 2.24) is 4.98 Å². The Hall–Kier alpha value is -0.940. The van der Waals surface area contributed by atoms with Crippen molar-refractivity contribution in [3.8, 4) is 0 Å². The summed E-state index contributed by atoms with van der Waals surface area (Å²) in [6.07, 6.45) is 1.60. The van der Waals surface area contributed by atoms with Gasteiger partial charge in [0.05, 0.1) is 11.9 Å². The van der Waals surface area contributed by atoms with Crippen molar-refractivity contribution in [1.29, 1.82) is 0 Å². The number of pyridine rings is 1. The maximum absolute atomic E-state index is 11.3. The lowest BCUT2D eigenvalue weighted by Crippen LogP contribution is -2.18. The molecule has 4 nitrogen and oxygen atoms in total. The summed E-state index contributed by atoms with van der Waals surface area (Å²) < 4.78 is 5.76. The number of rotatable bonds is 4.